The van der Waals surface area contributed by atoms with E-state index in [1.807, 2.05) is 6.20 Å². The van der Waals surface area contributed by atoms with Gasteiger partial charge in [-0.15, -0.1) is 11.3 Å². The van der Waals surface area contributed by atoms with Gasteiger partial charge in [0.25, 0.3) is 5.91 Å². The van der Waals surface area contributed by atoms with E-state index in [1.54, 1.807) is 11.3 Å². The van der Waals surface area contributed by atoms with Crippen LogP contribution in [0.15, 0.2) is 23.7 Å². The summed E-state index contributed by atoms with van der Waals surface area (Å²) in [5, 5.41) is 5.33. The number of carbonyl (C=O) groups is 1. The smallest absolute Gasteiger partial charge is 0.252 e. The zero-order chi connectivity index (χ0) is 19.5. The molecule has 4 heterocycles. The number of rotatable bonds is 5. The van der Waals surface area contributed by atoms with Gasteiger partial charge in [0.05, 0.1) is 11.3 Å². The first-order valence-electron chi connectivity index (χ1n) is 10.4. The first-order chi connectivity index (χ1) is 13.6. The van der Waals surface area contributed by atoms with Crippen molar-refractivity contribution in [3.05, 3.63) is 51.0 Å². The lowest BCUT2D eigenvalue weighted by molar-refractivity contribution is 0.0911. The molecule has 1 saturated heterocycles. The molecule has 1 amide bonds. The molecule has 1 fully saturated rings. The Morgan fingerprint density at radius 1 is 1.36 bits per heavy atom. The topological polar surface area (TPSA) is 48.5 Å². The highest BCUT2D eigenvalue weighted by atomic mass is 32.1. The Morgan fingerprint density at radius 2 is 2.25 bits per heavy atom. The van der Waals surface area contributed by atoms with Crippen LogP contribution < -0.4 is 5.32 Å². The van der Waals surface area contributed by atoms with Crippen molar-refractivity contribution in [2.75, 3.05) is 26.7 Å². The molecule has 0 bridgehead atoms. The Morgan fingerprint density at radius 3 is 3.00 bits per heavy atom. The van der Waals surface area contributed by atoms with E-state index in [4.69, 9.17) is 0 Å². The lowest BCUT2D eigenvalue weighted by Crippen LogP contribution is -2.46. The van der Waals surface area contributed by atoms with Crippen molar-refractivity contribution in [2.45, 2.75) is 51.7 Å². The molecule has 2 aromatic heterocycles. The monoisotopic (exact) mass is 398 g/mol. The van der Waals surface area contributed by atoms with E-state index in [-0.39, 0.29) is 11.9 Å². The van der Waals surface area contributed by atoms with Gasteiger partial charge in [-0.25, -0.2) is 0 Å². The third-order valence-electron chi connectivity index (χ3n) is 5.91. The number of piperidine rings is 1. The van der Waals surface area contributed by atoms with Crippen molar-refractivity contribution in [1.29, 1.82) is 0 Å². The fraction of sp³-hybridized carbons (Fsp3) is 0.545. The van der Waals surface area contributed by atoms with Gasteiger partial charge in [0.2, 0.25) is 0 Å². The van der Waals surface area contributed by atoms with Crippen LogP contribution in [-0.2, 0) is 25.9 Å². The Kier molecular flexibility index (Phi) is 6.09. The molecule has 2 aliphatic rings. The summed E-state index contributed by atoms with van der Waals surface area (Å²) in [7, 11) is 2.13. The van der Waals surface area contributed by atoms with Crippen molar-refractivity contribution in [3.63, 3.8) is 0 Å². The van der Waals surface area contributed by atoms with Crippen LogP contribution in [0.25, 0.3) is 0 Å². The summed E-state index contributed by atoms with van der Waals surface area (Å²) in [6.45, 7) is 7.00. The summed E-state index contributed by atoms with van der Waals surface area (Å²) in [6, 6.07) is 4.59. The van der Waals surface area contributed by atoms with Crippen LogP contribution >= 0.6 is 11.3 Å². The first-order valence-corrected chi connectivity index (χ1v) is 11.2. The number of nitrogens with zero attached hydrogens (tertiary/aromatic N) is 3. The van der Waals surface area contributed by atoms with E-state index in [1.165, 1.54) is 16.0 Å². The van der Waals surface area contributed by atoms with Gasteiger partial charge in [0.1, 0.15) is 0 Å². The fourth-order valence-corrected chi connectivity index (χ4v) is 5.36. The molecular formula is C22H30N4OS. The molecule has 4 rings (SSSR count). The van der Waals surface area contributed by atoms with Gasteiger partial charge >= 0.3 is 0 Å². The molecule has 1 unspecified atom stereocenters. The Bertz CT molecular complexity index is 816. The Labute approximate surface area is 171 Å². The van der Waals surface area contributed by atoms with Gasteiger partial charge in [-0.3, -0.25) is 14.7 Å². The maximum Gasteiger partial charge on any atom is 0.252 e. The predicted octanol–water partition coefficient (Wildman–Crippen LogP) is 3.09. The van der Waals surface area contributed by atoms with Crippen molar-refractivity contribution in [2.24, 2.45) is 0 Å². The lowest BCUT2D eigenvalue weighted by atomic mass is 10.0. The van der Waals surface area contributed by atoms with Crippen LogP contribution in [0.2, 0.25) is 0 Å². The maximum absolute atomic E-state index is 12.8. The molecular weight excluding hydrogens is 368 g/mol. The van der Waals surface area contributed by atoms with Gasteiger partial charge in [-0.1, -0.05) is 13.0 Å². The number of fused-ring (bicyclic) bond motifs is 1. The molecule has 0 radical (unpaired) electrons. The molecule has 5 nitrogen and oxygen atoms in total. The molecule has 28 heavy (non-hydrogen) atoms. The molecule has 1 atom stereocenters. The molecule has 150 valence electrons. The van der Waals surface area contributed by atoms with E-state index in [2.05, 4.69) is 51.6 Å². The number of thiophene rings is 1. The number of hydrogen-bond donors (Lipinski definition) is 1. The van der Waals surface area contributed by atoms with Crippen molar-refractivity contribution >= 4 is 17.2 Å². The number of aromatic nitrogens is 1. The van der Waals surface area contributed by atoms with Gasteiger partial charge in [0, 0.05) is 48.7 Å². The van der Waals surface area contributed by atoms with Crippen LogP contribution in [0.4, 0.5) is 0 Å². The van der Waals surface area contributed by atoms with Crippen molar-refractivity contribution < 1.29 is 4.79 Å². The van der Waals surface area contributed by atoms with E-state index in [0.29, 0.717) is 0 Å². The third kappa shape index (κ3) is 4.45. The number of nitrogens with one attached hydrogen (secondary N) is 1. The lowest BCUT2D eigenvalue weighted by Gasteiger charge is -2.30. The number of likely N-dealkylation sites (tertiary alicyclic amines) is 1. The molecule has 1 N–H and O–H groups in total. The van der Waals surface area contributed by atoms with Crippen LogP contribution in [0.3, 0.4) is 0 Å². The summed E-state index contributed by atoms with van der Waals surface area (Å²) >= 11 is 1.73. The second-order valence-electron chi connectivity index (χ2n) is 8.10. The minimum absolute atomic E-state index is 0.114. The SMILES string of the molecule is CCc1ccc(CN2CCc3c(C(=O)NC4CCCN(C)C4)csc3C2)nc1. The minimum Gasteiger partial charge on any atom is -0.348 e. The molecule has 0 aliphatic carbocycles. The Hall–Kier alpha value is -1.76. The van der Waals surface area contributed by atoms with Gasteiger partial charge in [0.15, 0.2) is 0 Å². The first kappa shape index (κ1) is 19.6. The maximum atomic E-state index is 12.8. The number of aryl methyl sites for hydroxylation is 1. The second kappa shape index (κ2) is 8.72. The van der Waals surface area contributed by atoms with Crippen LogP contribution in [-0.4, -0.2) is 53.4 Å². The van der Waals surface area contributed by atoms with Crippen LogP contribution in [0, 0.1) is 0 Å². The highest BCUT2D eigenvalue weighted by molar-refractivity contribution is 7.10. The fourth-order valence-electron chi connectivity index (χ4n) is 4.24. The number of hydrogen-bond acceptors (Lipinski definition) is 5. The van der Waals surface area contributed by atoms with E-state index in [0.717, 1.165) is 69.7 Å². The average Bonchev–Trinajstić information content (AvgIpc) is 3.12. The third-order valence-corrected chi connectivity index (χ3v) is 6.92. The van der Waals surface area contributed by atoms with Gasteiger partial charge in [-0.05, 0) is 56.5 Å². The van der Waals surface area contributed by atoms with Crippen LogP contribution in [0.5, 0.6) is 0 Å². The zero-order valence-corrected chi connectivity index (χ0v) is 17.7. The van der Waals surface area contributed by atoms with Crippen LogP contribution in [0.1, 0.15) is 51.8 Å². The molecule has 0 aromatic carbocycles. The largest absolute Gasteiger partial charge is 0.348 e. The zero-order valence-electron chi connectivity index (χ0n) is 16.9. The highest BCUT2D eigenvalue weighted by Crippen LogP contribution is 2.29. The minimum atomic E-state index is 0.114. The second-order valence-corrected chi connectivity index (χ2v) is 9.06. The number of pyridine rings is 1. The molecule has 6 heteroatoms. The van der Waals surface area contributed by atoms with Crippen molar-refractivity contribution in [3.8, 4) is 0 Å². The summed E-state index contributed by atoms with van der Waals surface area (Å²) < 4.78 is 0. The molecule has 2 aromatic rings. The number of carbonyl (C=O) groups excluding carboxylic acids is 1. The van der Waals surface area contributed by atoms with E-state index < -0.39 is 0 Å². The quantitative estimate of drug-likeness (QED) is 0.841. The standard InChI is InChI=1S/C22H30N4OS/c1-3-16-6-7-17(23-11-16)13-26-10-8-19-20(15-28-21(19)14-26)22(27)24-18-5-4-9-25(2)12-18/h6-7,11,15,18H,3-5,8-10,12-14H2,1-2H3,(H,24,27). The average molecular weight is 399 g/mol. The number of likely N-dealkylation sites (N-methyl/N-ethyl adjacent to an activating group) is 1. The molecule has 0 spiro atoms. The molecule has 0 saturated carbocycles. The predicted molar refractivity (Wildman–Crippen MR) is 114 cm³/mol. The highest BCUT2D eigenvalue weighted by Gasteiger charge is 2.26. The van der Waals surface area contributed by atoms with E-state index >= 15 is 0 Å². The van der Waals surface area contributed by atoms with Gasteiger partial charge < -0.3 is 10.2 Å². The van der Waals surface area contributed by atoms with E-state index in [9.17, 15) is 4.79 Å². The summed E-state index contributed by atoms with van der Waals surface area (Å²) in [4.78, 5) is 23.5. The van der Waals surface area contributed by atoms with Gasteiger partial charge in [-0.2, -0.15) is 0 Å². The summed E-state index contributed by atoms with van der Waals surface area (Å²) in [5.41, 5.74) is 4.56. The van der Waals surface area contributed by atoms with Crippen molar-refractivity contribution in [1.82, 2.24) is 20.1 Å². The summed E-state index contributed by atoms with van der Waals surface area (Å²) in [6.07, 6.45) is 6.20. The number of amides is 1. The summed E-state index contributed by atoms with van der Waals surface area (Å²) in [5.74, 6) is 0.114. The Balaban J connectivity index is 1.37. The molecule has 2 aliphatic heterocycles. The normalized spacial score (nSPS) is 20.7.